The van der Waals surface area contributed by atoms with Crippen LogP contribution in [0.25, 0.3) is 0 Å². The summed E-state index contributed by atoms with van der Waals surface area (Å²) in [6.45, 7) is 7.90. The Bertz CT molecular complexity index is 473. The molecule has 0 aliphatic rings. The molecule has 5 heteroatoms. The number of carbonyl (C=O) groups excluding carboxylic acids is 1. The average molecular weight is 278 g/mol. The van der Waals surface area contributed by atoms with Crippen molar-refractivity contribution in [1.29, 1.82) is 0 Å². The zero-order chi connectivity index (χ0) is 15.2. The summed E-state index contributed by atoms with van der Waals surface area (Å²) < 4.78 is 10.4. The zero-order valence-corrected chi connectivity index (χ0v) is 12.7. The predicted molar refractivity (Wildman–Crippen MR) is 79.2 cm³/mol. The van der Waals surface area contributed by atoms with Crippen LogP contribution in [0, 0.1) is 5.41 Å². The molecule has 1 N–H and O–H groups in total. The second-order valence-corrected chi connectivity index (χ2v) is 5.45. The summed E-state index contributed by atoms with van der Waals surface area (Å²) in [7, 11) is 1.60. The van der Waals surface area contributed by atoms with E-state index in [-0.39, 0.29) is 17.9 Å². The Balaban J connectivity index is 2.43. The van der Waals surface area contributed by atoms with E-state index in [9.17, 15) is 4.79 Å². The highest BCUT2D eigenvalue weighted by molar-refractivity contribution is 5.88. The number of ether oxygens (including phenoxy) is 2. The fourth-order valence-corrected chi connectivity index (χ4v) is 1.17. The molecule has 0 aromatic heterocycles. The van der Waals surface area contributed by atoms with Crippen LogP contribution in [-0.4, -0.2) is 25.3 Å². The molecule has 1 aromatic carbocycles. The van der Waals surface area contributed by atoms with Gasteiger partial charge >= 0.3 is 0 Å². The highest BCUT2D eigenvalue weighted by Gasteiger charge is 2.14. The summed E-state index contributed by atoms with van der Waals surface area (Å²) >= 11 is 0. The maximum absolute atomic E-state index is 11.6. The number of hydrogen-bond acceptors (Lipinski definition) is 4. The van der Waals surface area contributed by atoms with E-state index < -0.39 is 0 Å². The number of amides is 1. The zero-order valence-electron chi connectivity index (χ0n) is 12.7. The SMILES string of the molecule is COc1ccc(OCC(=O)N/N=C(/C)C(C)(C)C)cc1. The highest BCUT2D eigenvalue weighted by atomic mass is 16.5. The van der Waals surface area contributed by atoms with Gasteiger partial charge in [-0.05, 0) is 31.2 Å². The minimum Gasteiger partial charge on any atom is -0.497 e. The molecule has 0 spiro atoms. The van der Waals surface area contributed by atoms with Crippen molar-refractivity contribution in [3.05, 3.63) is 24.3 Å². The molecule has 0 saturated heterocycles. The van der Waals surface area contributed by atoms with Gasteiger partial charge < -0.3 is 9.47 Å². The molecule has 110 valence electrons. The van der Waals surface area contributed by atoms with E-state index in [4.69, 9.17) is 9.47 Å². The molecule has 0 atom stereocenters. The molecule has 1 rings (SSSR count). The summed E-state index contributed by atoms with van der Waals surface area (Å²) in [5, 5.41) is 4.05. The minimum atomic E-state index is -0.288. The summed E-state index contributed by atoms with van der Waals surface area (Å²) in [6.07, 6.45) is 0. The molecule has 0 saturated carbocycles. The van der Waals surface area contributed by atoms with Crippen molar-refractivity contribution in [3.8, 4) is 11.5 Å². The van der Waals surface area contributed by atoms with Crippen LogP contribution in [0.5, 0.6) is 11.5 Å². The maximum Gasteiger partial charge on any atom is 0.277 e. The Morgan fingerprint density at radius 3 is 2.25 bits per heavy atom. The molecule has 20 heavy (non-hydrogen) atoms. The third-order valence-corrected chi connectivity index (χ3v) is 2.86. The first-order valence-corrected chi connectivity index (χ1v) is 6.43. The van der Waals surface area contributed by atoms with Gasteiger partial charge in [0.1, 0.15) is 11.5 Å². The van der Waals surface area contributed by atoms with Crippen molar-refractivity contribution in [2.24, 2.45) is 10.5 Å². The van der Waals surface area contributed by atoms with Gasteiger partial charge in [0.05, 0.1) is 7.11 Å². The fraction of sp³-hybridized carbons (Fsp3) is 0.467. The number of rotatable bonds is 5. The molecule has 0 aliphatic carbocycles. The van der Waals surface area contributed by atoms with Gasteiger partial charge in [0.25, 0.3) is 5.91 Å². The Morgan fingerprint density at radius 2 is 1.75 bits per heavy atom. The molecular formula is C15H22N2O3. The molecule has 0 heterocycles. The quantitative estimate of drug-likeness (QED) is 0.665. The van der Waals surface area contributed by atoms with Gasteiger partial charge in [0.2, 0.25) is 0 Å². The van der Waals surface area contributed by atoms with Crippen LogP contribution in [0.4, 0.5) is 0 Å². The predicted octanol–water partition coefficient (Wildman–Crippen LogP) is 2.61. The lowest BCUT2D eigenvalue weighted by molar-refractivity contribution is -0.123. The Hall–Kier alpha value is -2.04. The van der Waals surface area contributed by atoms with E-state index in [0.29, 0.717) is 5.75 Å². The lowest BCUT2D eigenvalue weighted by atomic mass is 9.91. The van der Waals surface area contributed by atoms with Gasteiger partial charge in [0.15, 0.2) is 6.61 Å². The van der Waals surface area contributed by atoms with Gasteiger partial charge in [0, 0.05) is 11.1 Å². The fourth-order valence-electron chi connectivity index (χ4n) is 1.17. The summed E-state index contributed by atoms with van der Waals surface area (Å²) in [4.78, 5) is 11.6. The van der Waals surface area contributed by atoms with Crippen LogP contribution in [0.2, 0.25) is 0 Å². The normalized spacial score (nSPS) is 11.9. The number of methoxy groups -OCH3 is 1. The largest absolute Gasteiger partial charge is 0.497 e. The van der Waals surface area contributed by atoms with E-state index in [0.717, 1.165) is 11.5 Å². The van der Waals surface area contributed by atoms with Crippen molar-refractivity contribution in [2.75, 3.05) is 13.7 Å². The van der Waals surface area contributed by atoms with Crippen molar-refractivity contribution in [3.63, 3.8) is 0 Å². The van der Waals surface area contributed by atoms with Crippen LogP contribution < -0.4 is 14.9 Å². The third-order valence-electron chi connectivity index (χ3n) is 2.86. The van der Waals surface area contributed by atoms with Crippen molar-refractivity contribution >= 4 is 11.6 Å². The van der Waals surface area contributed by atoms with Gasteiger partial charge in [-0.3, -0.25) is 4.79 Å². The number of hydrazone groups is 1. The van der Waals surface area contributed by atoms with Crippen LogP contribution in [0.15, 0.2) is 29.4 Å². The first-order chi connectivity index (χ1) is 9.32. The van der Waals surface area contributed by atoms with Crippen LogP contribution >= 0.6 is 0 Å². The van der Waals surface area contributed by atoms with Crippen molar-refractivity contribution in [1.82, 2.24) is 5.43 Å². The molecule has 0 fully saturated rings. The Morgan fingerprint density at radius 1 is 1.20 bits per heavy atom. The van der Waals surface area contributed by atoms with Gasteiger partial charge in [-0.2, -0.15) is 5.10 Å². The summed E-state index contributed by atoms with van der Waals surface area (Å²) in [6, 6.07) is 7.04. The van der Waals surface area contributed by atoms with E-state index in [1.165, 1.54) is 0 Å². The monoisotopic (exact) mass is 278 g/mol. The third kappa shape index (κ3) is 5.30. The molecule has 1 amide bonds. The molecule has 0 bridgehead atoms. The number of nitrogens with one attached hydrogen (secondary N) is 1. The molecule has 1 aromatic rings. The second-order valence-electron chi connectivity index (χ2n) is 5.45. The molecule has 5 nitrogen and oxygen atoms in total. The highest BCUT2D eigenvalue weighted by Crippen LogP contribution is 2.17. The molecule has 0 aliphatic heterocycles. The molecular weight excluding hydrogens is 256 g/mol. The van der Waals surface area contributed by atoms with E-state index in [1.807, 2.05) is 27.7 Å². The first-order valence-electron chi connectivity index (χ1n) is 6.43. The summed E-state index contributed by atoms with van der Waals surface area (Å²) in [5.74, 6) is 1.06. The number of hydrogen-bond donors (Lipinski definition) is 1. The van der Waals surface area contributed by atoms with Crippen LogP contribution in [0.3, 0.4) is 0 Å². The van der Waals surface area contributed by atoms with Crippen LogP contribution in [-0.2, 0) is 4.79 Å². The maximum atomic E-state index is 11.6. The molecule has 0 radical (unpaired) electrons. The second kappa shape index (κ2) is 6.93. The van der Waals surface area contributed by atoms with Crippen molar-refractivity contribution < 1.29 is 14.3 Å². The van der Waals surface area contributed by atoms with E-state index >= 15 is 0 Å². The smallest absolute Gasteiger partial charge is 0.277 e. The molecule has 0 unspecified atom stereocenters. The first kappa shape index (κ1) is 16.0. The van der Waals surface area contributed by atoms with E-state index in [2.05, 4.69) is 10.5 Å². The number of carbonyl (C=O) groups is 1. The van der Waals surface area contributed by atoms with Gasteiger partial charge in [-0.25, -0.2) is 5.43 Å². The number of benzene rings is 1. The minimum absolute atomic E-state index is 0.0654. The Labute approximate surface area is 120 Å². The standard InChI is InChI=1S/C15H22N2O3/c1-11(15(2,3)4)16-17-14(18)10-20-13-8-6-12(19-5)7-9-13/h6-9H,10H2,1-5H3,(H,17,18)/b16-11-. The Kier molecular flexibility index (Phi) is 5.55. The van der Waals surface area contributed by atoms with Gasteiger partial charge in [-0.15, -0.1) is 0 Å². The van der Waals surface area contributed by atoms with E-state index in [1.54, 1.807) is 31.4 Å². The topological polar surface area (TPSA) is 59.9 Å². The van der Waals surface area contributed by atoms with Crippen LogP contribution in [0.1, 0.15) is 27.7 Å². The van der Waals surface area contributed by atoms with Crippen molar-refractivity contribution in [2.45, 2.75) is 27.7 Å². The summed E-state index contributed by atoms with van der Waals surface area (Å²) in [5.41, 5.74) is 3.27. The number of nitrogens with zero attached hydrogens (tertiary/aromatic N) is 1. The van der Waals surface area contributed by atoms with Gasteiger partial charge in [-0.1, -0.05) is 20.8 Å². The average Bonchev–Trinajstić information content (AvgIpc) is 2.41. The lowest BCUT2D eigenvalue weighted by Gasteiger charge is -2.17. The lowest BCUT2D eigenvalue weighted by Crippen LogP contribution is -2.28.